The Bertz CT molecular complexity index is 609. The number of likely N-dealkylation sites (N-methyl/N-ethyl adjacent to an activating group) is 1. The Morgan fingerprint density at radius 1 is 1.21 bits per heavy atom. The third-order valence-electron chi connectivity index (χ3n) is 3.82. The topological polar surface area (TPSA) is 49.5 Å². The first-order valence-electron chi connectivity index (χ1n) is 6.50. The number of benzene rings is 2. The standard InChI is InChI=1S/C16H18N2O/c1-18-9-14(11-4-2-5-12(19)8-11)13-6-3-7-16(17)15(13)10-18/h2-8,14,19H,9-10,17H2,1H3. The molecule has 1 aliphatic heterocycles. The molecular formula is C16H18N2O. The van der Waals surface area contributed by atoms with Gasteiger partial charge in [0.2, 0.25) is 0 Å². The van der Waals surface area contributed by atoms with Gasteiger partial charge < -0.3 is 15.7 Å². The van der Waals surface area contributed by atoms with Crippen LogP contribution >= 0.6 is 0 Å². The molecule has 3 heteroatoms. The predicted octanol–water partition coefficient (Wildman–Crippen LogP) is 2.55. The Hall–Kier alpha value is -2.00. The number of aromatic hydroxyl groups is 1. The summed E-state index contributed by atoms with van der Waals surface area (Å²) in [6, 6.07) is 13.6. The molecule has 0 bridgehead atoms. The number of phenols is 1. The van der Waals surface area contributed by atoms with Gasteiger partial charge in [0.15, 0.2) is 0 Å². The molecule has 19 heavy (non-hydrogen) atoms. The SMILES string of the molecule is CN1Cc2c(N)cccc2C(c2cccc(O)c2)C1. The van der Waals surface area contributed by atoms with Crippen LogP contribution in [-0.4, -0.2) is 23.6 Å². The van der Waals surface area contributed by atoms with Crippen LogP contribution in [0.2, 0.25) is 0 Å². The molecule has 1 aliphatic rings. The molecule has 0 radical (unpaired) electrons. The summed E-state index contributed by atoms with van der Waals surface area (Å²) in [6.45, 7) is 1.83. The van der Waals surface area contributed by atoms with Crippen LogP contribution in [0.15, 0.2) is 42.5 Å². The average Bonchev–Trinajstić information content (AvgIpc) is 2.39. The molecule has 3 nitrogen and oxygen atoms in total. The van der Waals surface area contributed by atoms with Crippen molar-refractivity contribution in [3.8, 4) is 5.75 Å². The summed E-state index contributed by atoms with van der Waals surface area (Å²) in [7, 11) is 2.10. The Morgan fingerprint density at radius 3 is 2.79 bits per heavy atom. The highest BCUT2D eigenvalue weighted by Crippen LogP contribution is 2.36. The zero-order chi connectivity index (χ0) is 13.4. The summed E-state index contributed by atoms with van der Waals surface area (Å²) < 4.78 is 0. The summed E-state index contributed by atoms with van der Waals surface area (Å²) in [5.41, 5.74) is 10.6. The first-order chi connectivity index (χ1) is 9.15. The number of anilines is 1. The molecule has 1 unspecified atom stereocenters. The molecule has 2 aromatic carbocycles. The molecule has 3 N–H and O–H groups in total. The van der Waals surface area contributed by atoms with Crippen LogP contribution in [0, 0.1) is 0 Å². The molecule has 1 atom stereocenters. The van der Waals surface area contributed by atoms with E-state index in [0.29, 0.717) is 5.75 Å². The maximum absolute atomic E-state index is 9.67. The first kappa shape index (κ1) is 12.1. The van der Waals surface area contributed by atoms with Crippen LogP contribution in [-0.2, 0) is 6.54 Å². The van der Waals surface area contributed by atoms with Crippen LogP contribution < -0.4 is 5.73 Å². The van der Waals surface area contributed by atoms with Crippen molar-refractivity contribution in [2.24, 2.45) is 0 Å². The molecule has 98 valence electrons. The normalized spacial score (nSPS) is 19.1. The molecule has 0 saturated heterocycles. The summed E-state index contributed by atoms with van der Waals surface area (Å²) in [6.07, 6.45) is 0. The summed E-state index contributed by atoms with van der Waals surface area (Å²) in [5.74, 6) is 0.584. The monoisotopic (exact) mass is 254 g/mol. The van der Waals surface area contributed by atoms with E-state index in [-0.39, 0.29) is 5.92 Å². The minimum absolute atomic E-state index is 0.268. The fraction of sp³-hybridized carbons (Fsp3) is 0.250. The fourth-order valence-electron chi connectivity index (χ4n) is 2.90. The minimum atomic E-state index is 0.268. The molecule has 0 amide bonds. The van der Waals surface area contributed by atoms with E-state index in [4.69, 9.17) is 5.73 Å². The number of nitrogens with two attached hydrogens (primary N) is 1. The third-order valence-corrected chi connectivity index (χ3v) is 3.82. The van der Waals surface area contributed by atoms with E-state index >= 15 is 0 Å². The molecule has 3 rings (SSSR count). The summed E-state index contributed by atoms with van der Waals surface area (Å²) in [4.78, 5) is 2.27. The Labute approximate surface area is 113 Å². The number of nitrogen functional groups attached to an aromatic ring is 1. The second kappa shape index (κ2) is 4.59. The number of nitrogens with zero attached hydrogens (tertiary/aromatic N) is 1. The highest BCUT2D eigenvalue weighted by molar-refractivity contribution is 5.55. The van der Waals surface area contributed by atoms with Gasteiger partial charge in [0.25, 0.3) is 0 Å². The number of hydrogen-bond donors (Lipinski definition) is 2. The molecule has 0 spiro atoms. The van der Waals surface area contributed by atoms with Crippen LogP contribution in [0.25, 0.3) is 0 Å². The zero-order valence-corrected chi connectivity index (χ0v) is 11.0. The lowest BCUT2D eigenvalue weighted by molar-refractivity contribution is 0.295. The molecule has 2 aromatic rings. The van der Waals surface area contributed by atoms with Gasteiger partial charge in [-0.1, -0.05) is 24.3 Å². The van der Waals surface area contributed by atoms with Crippen molar-refractivity contribution in [1.29, 1.82) is 0 Å². The maximum atomic E-state index is 9.67. The second-order valence-corrected chi connectivity index (χ2v) is 5.26. The van der Waals surface area contributed by atoms with Crippen molar-refractivity contribution in [1.82, 2.24) is 4.90 Å². The maximum Gasteiger partial charge on any atom is 0.115 e. The van der Waals surface area contributed by atoms with Crippen LogP contribution in [0.1, 0.15) is 22.6 Å². The molecule has 0 aliphatic carbocycles. The van der Waals surface area contributed by atoms with Gasteiger partial charge in [0.05, 0.1) is 0 Å². The lowest BCUT2D eigenvalue weighted by Crippen LogP contribution is -2.31. The van der Waals surface area contributed by atoms with Crippen LogP contribution in [0.5, 0.6) is 5.75 Å². The predicted molar refractivity (Wildman–Crippen MR) is 77.1 cm³/mol. The van der Waals surface area contributed by atoms with Gasteiger partial charge in [-0.25, -0.2) is 0 Å². The average molecular weight is 254 g/mol. The van der Waals surface area contributed by atoms with Gasteiger partial charge in [-0.2, -0.15) is 0 Å². The van der Waals surface area contributed by atoms with Crippen molar-refractivity contribution in [3.05, 3.63) is 59.2 Å². The van der Waals surface area contributed by atoms with E-state index in [0.717, 1.165) is 24.3 Å². The first-order valence-corrected chi connectivity index (χ1v) is 6.50. The van der Waals surface area contributed by atoms with E-state index in [9.17, 15) is 5.11 Å². The molecule has 0 fully saturated rings. The van der Waals surface area contributed by atoms with Gasteiger partial charge in [-0.05, 0) is 41.9 Å². The fourth-order valence-corrected chi connectivity index (χ4v) is 2.90. The van der Waals surface area contributed by atoms with Gasteiger partial charge in [-0.15, -0.1) is 0 Å². The number of hydrogen-bond acceptors (Lipinski definition) is 3. The van der Waals surface area contributed by atoms with E-state index in [1.807, 2.05) is 24.3 Å². The van der Waals surface area contributed by atoms with Crippen molar-refractivity contribution in [2.75, 3.05) is 19.3 Å². The molecule has 0 aromatic heterocycles. The van der Waals surface area contributed by atoms with Gasteiger partial charge in [0.1, 0.15) is 5.75 Å². The van der Waals surface area contributed by atoms with E-state index in [1.165, 1.54) is 11.1 Å². The Morgan fingerprint density at radius 2 is 2.00 bits per heavy atom. The van der Waals surface area contributed by atoms with E-state index in [1.54, 1.807) is 6.07 Å². The van der Waals surface area contributed by atoms with Crippen molar-refractivity contribution >= 4 is 5.69 Å². The van der Waals surface area contributed by atoms with Crippen molar-refractivity contribution in [2.45, 2.75) is 12.5 Å². The second-order valence-electron chi connectivity index (χ2n) is 5.26. The third kappa shape index (κ3) is 2.17. The van der Waals surface area contributed by atoms with E-state index in [2.05, 4.69) is 24.1 Å². The van der Waals surface area contributed by atoms with Crippen LogP contribution in [0.3, 0.4) is 0 Å². The molecular weight excluding hydrogens is 236 g/mol. The number of rotatable bonds is 1. The van der Waals surface area contributed by atoms with E-state index < -0.39 is 0 Å². The zero-order valence-electron chi connectivity index (χ0n) is 11.0. The van der Waals surface area contributed by atoms with Crippen molar-refractivity contribution in [3.63, 3.8) is 0 Å². The van der Waals surface area contributed by atoms with Gasteiger partial charge in [0, 0.05) is 24.7 Å². The van der Waals surface area contributed by atoms with Crippen LogP contribution in [0.4, 0.5) is 5.69 Å². The number of phenolic OH excluding ortho intramolecular Hbond substituents is 1. The smallest absolute Gasteiger partial charge is 0.115 e. The summed E-state index contributed by atoms with van der Waals surface area (Å²) >= 11 is 0. The minimum Gasteiger partial charge on any atom is -0.508 e. The molecule has 1 heterocycles. The quantitative estimate of drug-likeness (QED) is 0.769. The highest BCUT2D eigenvalue weighted by atomic mass is 16.3. The van der Waals surface area contributed by atoms with Gasteiger partial charge >= 0.3 is 0 Å². The Kier molecular flexibility index (Phi) is 2.91. The largest absolute Gasteiger partial charge is 0.508 e. The molecule has 0 saturated carbocycles. The Balaban J connectivity index is 2.11. The lowest BCUT2D eigenvalue weighted by Gasteiger charge is -2.33. The summed E-state index contributed by atoms with van der Waals surface area (Å²) in [5, 5.41) is 9.67. The highest BCUT2D eigenvalue weighted by Gasteiger charge is 2.25. The lowest BCUT2D eigenvalue weighted by atomic mass is 9.84. The van der Waals surface area contributed by atoms with Gasteiger partial charge in [-0.3, -0.25) is 0 Å². The number of fused-ring (bicyclic) bond motifs is 1. The van der Waals surface area contributed by atoms with Crippen molar-refractivity contribution < 1.29 is 5.11 Å².